The zero-order chi connectivity index (χ0) is 12.2. The number of morpholine rings is 1. The first-order valence-corrected chi connectivity index (χ1v) is 6.17. The molecule has 0 aromatic carbocycles. The van der Waals surface area contributed by atoms with Gasteiger partial charge in [-0.05, 0) is 20.3 Å². The first kappa shape index (κ1) is 13.9. The van der Waals surface area contributed by atoms with Gasteiger partial charge < -0.3 is 15.2 Å². The molecule has 0 saturated carbocycles. The van der Waals surface area contributed by atoms with E-state index in [0.29, 0.717) is 19.2 Å². The molecule has 1 aliphatic rings. The van der Waals surface area contributed by atoms with Gasteiger partial charge >= 0.3 is 0 Å². The van der Waals surface area contributed by atoms with Crippen LogP contribution < -0.4 is 5.73 Å². The van der Waals surface area contributed by atoms with Crippen molar-refractivity contribution in [3.05, 3.63) is 0 Å². The molecule has 1 saturated heterocycles. The molecule has 4 heteroatoms. The van der Waals surface area contributed by atoms with Gasteiger partial charge in [0.2, 0.25) is 0 Å². The van der Waals surface area contributed by atoms with Crippen LogP contribution in [0.5, 0.6) is 0 Å². The normalized spacial score (nSPS) is 31.3. The maximum absolute atomic E-state index is 5.98. The number of nitrogens with zero attached hydrogens (tertiary/aromatic N) is 1. The highest BCUT2D eigenvalue weighted by molar-refractivity contribution is 4.95. The second-order valence-corrected chi connectivity index (χ2v) is 4.86. The van der Waals surface area contributed by atoms with Gasteiger partial charge in [0.05, 0.1) is 24.9 Å². The molecule has 4 nitrogen and oxygen atoms in total. The fourth-order valence-electron chi connectivity index (χ4n) is 2.54. The van der Waals surface area contributed by atoms with Crippen molar-refractivity contribution in [1.82, 2.24) is 4.90 Å². The van der Waals surface area contributed by atoms with Gasteiger partial charge in [-0.1, -0.05) is 6.92 Å². The van der Waals surface area contributed by atoms with Gasteiger partial charge in [-0.15, -0.1) is 0 Å². The number of methoxy groups -OCH3 is 1. The van der Waals surface area contributed by atoms with Crippen LogP contribution in [0.15, 0.2) is 0 Å². The number of ether oxygens (including phenoxy) is 2. The van der Waals surface area contributed by atoms with Crippen molar-refractivity contribution in [2.24, 2.45) is 5.73 Å². The predicted octanol–water partition coefficient (Wildman–Crippen LogP) is 0.850. The predicted molar refractivity (Wildman–Crippen MR) is 65.5 cm³/mol. The Kier molecular flexibility index (Phi) is 5.18. The summed E-state index contributed by atoms with van der Waals surface area (Å²) in [6.45, 7) is 9.54. The summed E-state index contributed by atoms with van der Waals surface area (Å²) in [5.74, 6) is 0. The summed E-state index contributed by atoms with van der Waals surface area (Å²) in [5, 5.41) is 0. The number of hydrogen-bond acceptors (Lipinski definition) is 4. The smallest absolute Gasteiger partial charge is 0.0675 e. The van der Waals surface area contributed by atoms with Crippen LogP contribution in [0.1, 0.15) is 27.2 Å². The van der Waals surface area contributed by atoms with Crippen molar-refractivity contribution in [3.8, 4) is 0 Å². The zero-order valence-corrected chi connectivity index (χ0v) is 11.0. The lowest BCUT2D eigenvalue weighted by Crippen LogP contribution is -2.64. The molecule has 1 rings (SSSR count). The summed E-state index contributed by atoms with van der Waals surface area (Å²) in [4.78, 5) is 2.46. The zero-order valence-electron chi connectivity index (χ0n) is 11.0. The van der Waals surface area contributed by atoms with E-state index in [0.717, 1.165) is 19.6 Å². The molecule has 96 valence electrons. The van der Waals surface area contributed by atoms with Gasteiger partial charge in [0.15, 0.2) is 0 Å². The molecule has 0 amide bonds. The molecular formula is C12H26N2O2. The van der Waals surface area contributed by atoms with E-state index in [9.17, 15) is 0 Å². The first-order chi connectivity index (χ1) is 7.59. The van der Waals surface area contributed by atoms with Crippen LogP contribution in [0, 0.1) is 0 Å². The fraction of sp³-hybridized carbons (Fsp3) is 1.00. The highest BCUT2D eigenvalue weighted by atomic mass is 16.5. The van der Waals surface area contributed by atoms with E-state index in [1.165, 1.54) is 0 Å². The lowest BCUT2D eigenvalue weighted by atomic mass is 9.92. The quantitative estimate of drug-likeness (QED) is 0.760. The van der Waals surface area contributed by atoms with Gasteiger partial charge in [0.1, 0.15) is 0 Å². The van der Waals surface area contributed by atoms with Crippen molar-refractivity contribution in [2.45, 2.75) is 44.9 Å². The summed E-state index contributed by atoms with van der Waals surface area (Å²) in [5.41, 5.74) is 5.94. The Bertz CT molecular complexity index is 207. The van der Waals surface area contributed by atoms with E-state index in [1.807, 2.05) is 0 Å². The third kappa shape index (κ3) is 2.74. The molecule has 1 fully saturated rings. The van der Waals surface area contributed by atoms with Crippen LogP contribution in [0.3, 0.4) is 0 Å². The highest BCUT2D eigenvalue weighted by Gasteiger charge is 2.39. The molecule has 1 heterocycles. The molecule has 3 atom stereocenters. The van der Waals surface area contributed by atoms with Gasteiger partial charge in [0.25, 0.3) is 0 Å². The average molecular weight is 230 g/mol. The van der Waals surface area contributed by atoms with E-state index in [2.05, 4.69) is 25.7 Å². The number of hydrogen-bond donors (Lipinski definition) is 1. The Balaban J connectivity index is 2.82. The summed E-state index contributed by atoms with van der Waals surface area (Å²) < 4.78 is 11.0. The molecule has 0 bridgehead atoms. The maximum atomic E-state index is 5.98. The van der Waals surface area contributed by atoms with Gasteiger partial charge in [-0.25, -0.2) is 0 Å². The van der Waals surface area contributed by atoms with Crippen LogP contribution >= 0.6 is 0 Å². The Morgan fingerprint density at radius 1 is 1.50 bits per heavy atom. The number of rotatable bonds is 5. The lowest BCUT2D eigenvalue weighted by Gasteiger charge is -2.49. The van der Waals surface area contributed by atoms with Crippen molar-refractivity contribution in [1.29, 1.82) is 0 Å². The minimum absolute atomic E-state index is 0.0355. The van der Waals surface area contributed by atoms with E-state index in [-0.39, 0.29) is 11.6 Å². The SMILES string of the molecule is CCC(CN)(COC)N1CC(C)OCC1C. The number of nitrogens with two attached hydrogens (primary N) is 1. The highest BCUT2D eigenvalue weighted by Crippen LogP contribution is 2.25. The first-order valence-electron chi connectivity index (χ1n) is 6.17. The van der Waals surface area contributed by atoms with E-state index in [1.54, 1.807) is 7.11 Å². The standard InChI is InChI=1S/C12H26N2O2/c1-5-12(8-13,9-15-4)14-6-11(3)16-7-10(14)2/h10-11H,5-9,13H2,1-4H3. The maximum Gasteiger partial charge on any atom is 0.0675 e. The van der Waals surface area contributed by atoms with Crippen molar-refractivity contribution in [2.75, 3.05) is 33.4 Å². The Labute approximate surface area is 99.1 Å². The monoisotopic (exact) mass is 230 g/mol. The summed E-state index contributed by atoms with van der Waals surface area (Å²) in [6, 6.07) is 0.412. The Morgan fingerprint density at radius 2 is 2.19 bits per heavy atom. The molecule has 0 aromatic rings. The van der Waals surface area contributed by atoms with E-state index < -0.39 is 0 Å². The molecule has 1 aliphatic heterocycles. The largest absolute Gasteiger partial charge is 0.383 e. The molecule has 2 N–H and O–H groups in total. The van der Waals surface area contributed by atoms with Gasteiger partial charge in [-0.2, -0.15) is 0 Å². The molecule has 0 radical (unpaired) electrons. The molecular weight excluding hydrogens is 204 g/mol. The average Bonchev–Trinajstić information content (AvgIpc) is 2.30. The minimum Gasteiger partial charge on any atom is -0.383 e. The van der Waals surface area contributed by atoms with Crippen LogP contribution in [-0.4, -0.2) is 56.0 Å². The summed E-state index contributed by atoms with van der Waals surface area (Å²) >= 11 is 0. The van der Waals surface area contributed by atoms with Crippen molar-refractivity contribution >= 4 is 0 Å². The Hall–Kier alpha value is -0.160. The van der Waals surface area contributed by atoms with Crippen molar-refractivity contribution in [3.63, 3.8) is 0 Å². The van der Waals surface area contributed by atoms with E-state index in [4.69, 9.17) is 15.2 Å². The molecule has 0 aromatic heterocycles. The lowest BCUT2D eigenvalue weighted by molar-refractivity contribution is -0.109. The van der Waals surface area contributed by atoms with Gasteiger partial charge in [0, 0.05) is 26.2 Å². The third-order valence-corrected chi connectivity index (χ3v) is 3.67. The fourth-order valence-corrected chi connectivity index (χ4v) is 2.54. The van der Waals surface area contributed by atoms with Crippen LogP contribution in [-0.2, 0) is 9.47 Å². The Morgan fingerprint density at radius 3 is 2.69 bits per heavy atom. The summed E-state index contributed by atoms with van der Waals surface area (Å²) in [7, 11) is 1.74. The topological polar surface area (TPSA) is 47.7 Å². The van der Waals surface area contributed by atoms with Crippen LogP contribution in [0.2, 0.25) is 0 Å². The second-order valence-electron chi connectivity index (χ2n) is 4.86. The van der Waals surface area contributed by atoms with Crippen LogP contribution in [0.25, 0.3) is 0 Å². The molecule has 3 unspecified atom stereocenters. The summed E-state index contributed by atoms with van der Waals surface area (Å²) in [6.07, 6.45) is 1.29. The second kappa shape index (κ2) is 5.96. The molecule has 16 heavy (non-hydrogen) atoms. The molecule has 0 aliphatic carbocycles. The third-order valence-electron chi connectivity index (χ3n) is 3.67. The molecule has 0 spiro atoms. The van der Waals surface area contributed by atoms with Crippen molar-refractivity contribution < 1.29 is 9.47 Å². The van der Waals surface area contributed by atoms with Crippen LogP contribution in [0.4, 0.5) is 0 Å². The van der Waals surface area contributed by atoms with Gasteiger partial charge in [-0.3, -0.25) is 4.90 Å². The minimum atomic E-state index is -0.0355. The van der Waals surface area contributed by atoms with E-state index >= 15 is 0 Å².